The fraction of sp³-hybridized carbons (Fsp3) is 0.412. The molecule has 0 saturated carbocycles. The molecule has 0 radical (unpaired) electrons. The molecule has 1 aromatic rings. The highest BCUT2D eigenvalue weighted by atomic mass is 35.5. The van der Waals surface area contributed by atoms with Crippen molar-refractivity contribution in [2.75, 3.05) is 37.1 Å². The van der Waals surface area contributed by atoms with Crippen LogP contribution in [-0.4, -0.2) is 57.0 Å². The van der Waals surface area contributed by atoms with E-state index in [-0.39, 0.29) is 28.1 Å². The molecule has 27 heavy (non-hydrogen) atoms. The first kappa shape index (κ1) is 21.5. The molecule has 1 amide bonds. The number of anilines is 1. The average Bonchev–Trinajstić information content (AvgIpc) is 2.98. The van der Waals surface area contributed by atoms with Crippen LogP contribution in [0.2, 0.25) is 10.0 Å². The zero-order valence-corrected chi connectivity index (χ0v) is 16.9. The van der Waals surface area contributed by atoms with Gasteiger partial charge < -0.3 is 15.0 Å². The summed E-state index contributed by atoms with van der Waals surface area (Å²) in [7, 11) is -1.58. The van der Waals surface area contributed by atoms with Gasteiger partial charge in [-0.2, -0.15) is 5.26 Å². The van der Waals surface area contributed by atoms with E-state index >= 15 is 0 Å². The lowest BCUT2D eigenvalue weighted by molar-refractivity contribution is -0.112. The van der Waals surface area contributed by atoms with Crippen LogP contribution in [0.25, 0.3) is 0 Å². The van der Waals surface area contributed by atoms with Gasteiger partial charge in [0.05, 0.1) is 28.2 Å². The number of rotatable bonds is 7. The fourth-order valence-electron chi connectivity index (χ4n) is 2.66. The predicted molar refractivity (Wildman–Crippen MR) is 104 cm³/mol. The highest BCUT2D eigenvalue weighted by molar-refractivity contribution is 7.91. The number of carbonyl (C=O) groups is 1. The Morgan fingerprint density at radius 3 is 2.74 bits per heavy atom. The van der Waals surface area contributed by atoms with Crippen molar-refractivity contribution in [1.82, 2.24) is 4.90 Å². The van der Waals surface area contributed by atoms with Gasteiger partial charge in [-0.3, -0.25) is 4.79 Å². The van der Waals surface area contributed by atoms with E-state index < -0.39 is 15.7 Å². The van der Waals surface area contributed by atoms with Gasteiger partial charge >= 0.3 is 0 Å². The van der Waals surface area contributed by atoms with Crippen LogP contribution in [0.5, 0.6) is 0 Å². The fourth-order valence-corrected chi connectivity index (χ4v) is 4.70. The van der Waals surface area contributed by atoms with Gasteiger partial charge in [0.15, 0.2) is 9.84 Å². The van der Waals surface area contributed by atoms with Crippen molar-refractivity contribution >= 4 is 44.6 Å². The Hall–Kier alpha value is -1.79. The van der Waals surface area contributed by atoms with Gasteiger partial charge in [-0.25, -0.2) is 8.42 Å². The second-order valence-corrected chi connectivity index (χ2v) is 9.07. The Kier molecular flexibility index (Phi) is 7.50. The standard InChI is InChI=1S/C17H19Cl2N3O4S/c1-26-6-5-22(14-4-7-27(24,25)11-14)10-12(9-20)17(23)21-13-2-3-15(18)16(19)8-13/h2-3,8,10,14H,4-7,11H2,1H3,(H,21,23)/b12-10-. The van der Waals surface area contributed by atoms with Gasteiger partial charge in [0.25, 0.3) is 5.91 Å². The summed E-state index contributed by atoms with van der Waals surface area (Å²) in [5.74, 6) is -0.550. The van der Waals surface area contributed by atoms with Crippen molar-refractivity contribution in [3.63, 3.8) is 0 Å². The summed E-state index contributed by atoms with van der Waals surface area (Å²) < 4.78 is 28.6. The van der Waals surface area contributed by atoms with Crippen molar-refractivity contribution in [3.8, 4) is 6.07 Å². The maximum Gasteiger partial charge on any atom is 0.267 e. The van der Waals surface area contributed by atoms with Crippen molar-refractivity contribution in [1.29, 1.82) is 5.26 Å². The summed E-state index contributed by atoms with van der Waals surface area (Å²) in [6.45, 7) is 0.697. The summed E-state index contributed by atoms with van der Waals surface area (Å²) in [5, 5.41) is 12.6. The molecule has 7 nitrogen and oxygen atoms in total. The van der Waals surface area contributed by atoms with Crippen LogP contribution in [0.1, 0.15) is 6.42 Å². The zero-order valence-electron chi connectivity index (χ0n) is 14.6. The highest BCUT2D eigenvalue weighted by Gasteiger charge is 2.31. The molecule has 146 valence electrons. The lowest BCUT2D eigenvalue weighted by atomic mass is 10.2. The van der Waals surface area contributed by atoms with E-state index in [0.717, 1.165) is 0 Å². The first-order valence-corrected chi connectivity index (χ1v) is 10.7. The first-order valence-electron chi connectivity index (χ1n) is 8.09. The number of methoxy groups -OCH3 is 1. The lowest BCUT2D eigenvalue weighted by Crippen LogP contribution is -2.35. The Morgan fingerprint density at radius 2 is 2.19 bits per heavy atom. The summed E-state index contributed by atoms with van der Waals surface area (Å²) in [6.07, 6.45) is 1.83. The van der Waals surface area contributed by atoms with E-state index in [1.165, 1.54) is 25.4 Å². The number of ether oxygens (including phenoxy) is 1. The Balaban J connectivity index is 2.19. The van der Waals surface area contributed by atoms with Gasteiger partial charge in [-0.05, 0) is 24.6 Å². The normalized spacial score (nSPS) is 18.7. The van der Waals surface area contributed by atoms with Crippen LogP contribution in [0, 0.1) is 11.3 Å². The third kappa shape index (κ3) is 6.11. The molecule has 0 bridgehead atoms. The molecule has 10 heteroatoms. The van der Waals surface area contributed by atoms with Gasteiger partial charge in [-0.1, -0.05) is 23.2 Å². The third-order valence-electron chi connectivity index (χ3n) is 4.07. The molecule has 0 aromatic heterocycles. The minimum Gasteiger partial charge on any atom is -0.383 e. The number of carbonyl (C=O) groups excluding carboxylic acids is 1. The molecule has 1 atom stereocenters. The summed E-state index contributed by atoms with van der Waals surface area (Å²) in [6, 6.07) is 6.13. The van der Waals surface area contributed by atoms with Gasteiger partial charge in [0, 0.05) is 31.6 Å². The topological polar surface area (TPSA) is 99.5 Å². The van der Waals surface area contributed by atoms with Crippen molar-refractivity contribution < 1.29 is 17.9 Å². The van der Waals surface area contributed by atoms with Gasteiger partial charge in [-0.15, -0.1) is 0 Å². The Bertz CT molecular complexity index is 881. The molecule has 1 aliphatic rings. The largest absolute Gasteiger partial charge is 0.383 e. The van der Waals surface area contributed by atoms with Crippen molar-refractivity contribution in [3.05, 3.63) is 40.0 Å². The maximum absolute atomic E-state index is 12.4. The van der Waals surface area contributed by atoms with E-state index in [1.807, 2.05) is 6.07 Å². The molecule has 1 saturated heterocycles. The van der Waals surface area contributed by atoms with Crippen LogP contribution in [0.3, 0.4) is 0 Å². The molecule has 1 aliphatic heterocycles. The van der Waals surface area contributed by atoms with Gasteiger partial charge in [0.2, 0.25) is 0 Å². The SMILES string of the molecule is COCCN(/C=C(/C#N)C(=O)Nc1ccc(Cl)c(Cl)c1)C1CCS(=O)(=O)C1. The first-order chi connectivity index (χ1) is 12.8. The molecule has 1 fully saturated rings. The second kappa shape index (κ2) is 9.42. The molecule has 1 aromatic carbocycles. The molecule has 2 rings (SSSR count). The van der Waals surface area contributed by atoms with E-state index in [4.69, 9.17) is 27.9 Å². The highest BCUT2D eigenvalue weighted by Crippen LogP contribution is 2.25. The van der Waals surface area contributed by atoms with Crippen LogP contribution in [0.15, 0.2) is 30.0 Å². The van der Waals surface area contributed by atoms with Gasteiger partial charge in [0.1, 0.15) is 11.6 Å². The van der Waals surface area contributed by atoms with Crippen molar-refractivity contribution in [2.45, 2.75) is 12.5 Å². The molecule has 0 aliphatic carbocycles. The summed E-state index contributed by atoms with van der Waals surface area (Å²) in [5.41, 5.74) is 0.240. The number of nitrogens with zero attached hydrogens (tertiary/aromatic N) is 2. The summed E-state index contributed by atoms with van der Waals surface area (Å²) >= 11 is 11.8. The number of halogens is 2. The smallest absolute Gasteiger partial charge is 0.267 e. The third-order valence-corrected chi connectivity index (χ3v) is 6.56. The number of hydrogen-bond acceptors (Lipinski definition) is 6. The number of nitrogens with one attached hydrogen (secondary N) is 1. The molecular weight excluding hydrogens is 413 g/mol. The molecule has 1 heterocycles. The quantitative estimate of drug-likeness (QED) is 0.525. The lowest BCUT2D eigenvalue weighted by Gasteiger charge is -2.26. The van der Waals surface area contributed by atoms with Crippen LogP contribution >= 0.6 is 23.2 Å². The second-order valence-electron chi connectivity index (χ2n) is 6.03. The minimum atomic E-state index is -3.11. The predicted octanol–water partition coefficient (Wildman–Crippen LogP) is 2.47. The molecule has 1 unspecified atom stereocenters. The Morgan fingerprint density at radius 1 is 1.44 bits per heavy atom. The molecule has 0 spiro atoms. The van der Waals surface area contributed by atoms with E-state index in [1.54, 1.807) is 11.0 Å². The number of amides is 1. The zero-order chi connectivity index (χ0) is 20.0. The van der Waals surface area contributed by atoms with Crippen molar-refractivity contribution in [2.24, 2.45) is 0 Å². The van der Waals surface area contributed by atoms with Crippen LogP contribution in [0.4, 0.5) is 5.69 Å². The number of nitriles is 1. The van der Waals surface area contributed by atoms with E-state index in [0.29, 0.717) is 30.3 Å². The van der Waals surface area contributed by atoms with Crippen LogP contribution in [-0.2, 0) is 19.4 Å². The van der Waals surface area contributed by atoms with E-state index in [2.05, 4.69) is 5.32 Å². The number of benzene rings is 1. The molecular formula is C17H19Cl2N3O4S. The Labute approximate surface area is 168 Å². The number of sulfone groups is 1. The van der Waals surface area contributed by atoms with Crippen LogP contribution < -0.4 is 5.32 Å². The number of hydrogen-bond donors (Lipinski definition) is 1. The average molecular weight is 432 g/mol. The van der Waals surface area contributed by atoms with E-state index in [9.17, 15) is 18.5 Å². The summed E-state index contributed by atoms with van der Waals surface area (Å²) in [4.78, 5) is 14.1. The molecule has 1 N–H and O–H groups in total. The minimum absolute atomic E-state index is 0.0136. The monoisotopic (exact) mass is 431 g/mol. The maximum atomic E-state index is 12.4.